The number of para-hydroxylation sites is 2. The third-order valence-corrected chi connectivity index (χ3v) is 15.3. The van der Waals surface area contributed by atoms with E-state index in [0.717, 1.165) is 87.5 Å². The Morgan fingerprint density at radius 2 is 1.45 bits per heavy atom. The van der Waals surface area contributed by atoms with Gasteiger partial charge in [-0.3, -0.25) is 0 Å². The summed E-state index contributed by atoms with van der Waals surface area (Å²) in [5.74, 6) is 0. The van der Waals surface area contributed by atoms with Crippen LogP contribution in [0.15, 0.2) is 272 Å². The van der Waals surface area contributed by atoms with Crippen molar-refractivity contribution in [1.82, 2.24) is 14.1 Å². The fourth-order valence-electron chi connectivity index (χ4n) is 11.5. The van der Waals surface area contributed by atoms with Crippen LogP contribution in [0.3, 0.4) is 0 Å². The van der Waals surface area contributed by atoms with Gasteiger partial charge in [0, 0.05) is 39.8 Å². The summed E-state index contributed by atoms with van der Waals surface area (Å²) >= 11 is 0. The first-order chi connectivity index (χ1) is 38.0. The summed E-state index contributed by atoms with van der Waals surface area (Å²) < 4.78 is 5.15. The van der Waals surface area contributed by atoms with Gasteiger partial charge in [-0.25, -0.2) is 9.55 Å². The van der Waals surface area contributed by atoms with E-state index in [0.29, 0.717) is 6.42 Å². The number of nitrogens with two attached hydrogens (primary N) is 1. The van der Waals surface area contributed by atoms with Gasteiger partial charge in [0.1, 0.15) is 22.9 Å². The monoisotopic (exact) mass is 993 g/mol. The molecule has 4 heteroatoms. The van der Waals surface area contributed by atoms with Crippen LogP contribution in [0.1, 0.15) is 65.6 Å². The van der Waals surface area contributed by atoms with Gasteiger partial charge in [-0.15, -0.1) is 0 Å². The number of rotatable bonds is 10. The quantitative estimate of drug-likeness (QED) is 0.110. The normalized spacial score (nSPS) is 19.7. The predicted octanol–water partition coefficient (Wildman–Crippen LogP) is 16.3. The Morgan fingerprint density at radius 3 is 2.32 bits per heavy atom. The van der Waals surface area contributed by atoms with Crippen LogP contribution in [0.5, 0.6) is 0 Å². The molecule has 77 heavy (non-hydrogen) atoms. The van der Waals surface area contributed by atoms with Crippen molar-refractivity contribution in [3.05, 3.63) is 316 Å². The molecule has 8 aromatic rings. The standard InChI is InChI=1S/C73H61N4/c1-51-23-6-3-9-27-55(67(74)35-18-12-26-53-24-7-4-8-25-53)44-48-58(51)54-42-45-57(46-43-54)76-70-38-19-15-30-59(70)52(2)41-47-66-65-34-17-21-40-72(65)77(73(66)76)71-39-20-16-33-64(71)62-49-50-63(61-32-14-13-31-60(61)62)69-37-22-36-68(75-69)56-28-10-5-11-29-56/h3-13,15-25,28-31,33-38,40-50,71H,1,14,26-27,32,39,74H2,2H3/q+1/b9-3-,18-12-,23-6-,47-41?,52-41+,55-44+,58-48+,59-52?,66-47-,67-35-. The van der Waals surface area contributed by atoms with Crippen molar-refractivity contribution in [3.8, 4) is 22.5 Å². The lowest BCUT2D eigenvalue weighted by Crippen LogP contribution is -2.42. The van der Waals surface area contributed by atoms with E-state index in [9.17, 15) is 0 Å². The fraction of sp³-hybridized carbons (Fsp3) is 0.0959. The first kappa shape index (κ1) is 48.6. The van der Waals surface area contributed by atoms with E-state index < -0.39 is 0 Å². The Labute approximate surface area is 452 Å². The average molecular weight is 994 g/mol. The Morgan fingerprint density at radius 1 is 0.675 bits per heavy atom. The van der Waals surface area contributed by atoms with E-state index in [2.05, 4.69) is 272 Å². The van der Waals surface area contributed by atoms with Gasteiger partial charge >= 0.3 is 0 Å². The van der Waals surface area contributed by atoms with Crippen molar-refractivity contribution in [1.29, 1.82) is 0 Å². The highest BCUT2D eigenvalue weighted by Crippen LogP contribution is 2.42. The van der Waals surface area contributed by atoms with Crippen molar-refractivity contribution >= 4 is 51.1 Å². The molecule has 1 atom stereocenters. The average Bonchev–Trinajstić information content (AvgIpc) is 3.80. The third kappa shape index (κ3) is 9.78. The summed E-state index contributed by atoms with van der Waals surface area (Å²) in [6.45, 7) is 6.80. The smallest absolute Gasteiger partial charge is 0.296 e. The molecule has 372 valence electrons. The van der Waals surface area contributed by atoms with Crippen LogP contribution in [0.4, 0.5) is 11.4 Å². The van der Waals surface area contributed by atoms with Crippen LogP contribution >= 0.6 is 0 Å². The van der Waals surface area contributed by atoms with E-state index in [1.807, 2.05) is 12.1 Å². The minimum atomic E-state index is -0.0237. The molecule has 1 unspecified atom stereocenters. The van der Waals surface area contributed by atoms with Gasteiger partial charge in [0.25, 0.3) is 5.49 Å². The molecular formula is C73H61N4+. The molecule has 2 N–H and O–H groups in total. The van der Waals surface area contributed by atoms with Crippen LogP contribution in [-0.4, -0.2) is 9.55 Å². The van der Waals surface area contributed by atoms with Crippen molar-refractivity contribution in [2.24, 2.45) is 5.73 Å². The Bertz CT molecular complexity index is 4070. The van der Waals surface area contributed by atoms with E-state index in [1.165, 1.54) is 60.6 Å². The van der Waals surface area contributed by atoms with Gasteiger partial charge in [-0.1, -0.05) is 213 Å². The highest BCUT2D eigenvalue weighted by Gasteiger charge is 2.33. The number of nitrogens with zero attached hydrogens (tertiary/aromatic N) is 3. The van der Waals surface area contributed by atoms with E-state index in [4.69, 9.17) is 10.7 Å². The zero-order valence-corrected chi connectivity index (χ0v) is 43.6. The van der Waals surface area contributed by atoms with Gasteiger partial charge in [-0.05, 0) is 137 Å². The van der Waals surface area contributed by atoms with Crippen LogP contribution < -0.4 is 21.0 Å². The molecule has 4 nitrogen and oxygen atoms in total. The molecule has 12 rings (SSSR count). The SMILES string of the molecule is C=C1/C=C\C=C/CC(/C(N)=C/C=C\Cc2ccccc2)=C\C=C/1c1ccc([N+]2=c3/c(c4ccccc4n3C3CC=CC=C3c3ccc(-c4cccc(-c5ccccc5)n4)c4c3C=CCC4)=C\C=C(/C)c3ccccc32)cc1. The van der Waals surface area contributed by atoms with Gasteiger partial charge in [0.05, 0.1) is 16.6 Å². The minimum absolute atomic E-state index is 0.0237. The largest absolute Gasteiger partial charge is 0.398 e. The molecule has 4 aliphatic rings. The van der Waals surface area contributed by atoms with Crippen molar-refractivity contribution < 1.29 is 0 Å². The molecule has 0 saturated carbocycles. The Hall–Kier alpha value is -9.38. The summed E-state index contributed by atoms with van der Waals surface area (Å²) in [5, 5.41) is 2.41. The van der Waals surface area contributed by atoms with E-state index in [1.54, 1.807) is 0 Å². The van der Waals surface area contributed by atoms with Gasteiger partial charge in [0.2, 0.25) is 0 Å². The molecule has 0 bridgehead atoms. The van der Waals surface area contributed by atoms with Crippen LogP contribution in [0.25, 0.3) is 62.3 Å². The highest BCUT2D eigenvalue weighted by atomic mass is 15.1. The molecule has 3 aliphatic carbocycles. The summed E-state index contributed by atoms with van der Waals surface area (Å²) in [4.78, 5) is 5.27. The Kier molecular flexibility index (Phi) is 13.8. The zero-order valence-electron chi connectivity index (χ0n) is 43.6. The summed E-state index contributed by atoms with van der Waals surface area (Å²) in [6.07, 6.45) is 39.6. The maximum atomic E-state index is 6.80. The number of hydrogen-bond donors (Lipinski definition) is 1. The first-order valence-electron chi connectivity index (χ1n) is 27.0. The Balaban J connectivity index is 0.997. The van der Waals surface area contributed by atoms with Crippen molar-refractivity contribution in [3.63, 3.8) is 0 Å². The second-order valence-electron chi connectivity index (χ2n) is 20.1. The number of hydrogen-bond acceptors (Lipinski definition) is 2. The van der Waals surface area contributed by atoms with Gasteiger partial charge in [0.15, 0.2) is 0 Å². The third-order valence-electron chi connectivity index (χ3n) is 15.3. The topological polar surface area (TPSA) is 46.9 Å². The lowest BCUT2D eigenvalue weighted by molar-refractivity contribution is 0.602. The van der Waals surface area contributed by atoms with Crippen LogP contribution in [0.2, 0.25) is 0 Å². The number of benzene rings is 6. The maximum absolute atomic E-state index is 6.80. The second kappa shape index (κ2) is 21.8. The molecule has 3 heterocycles. The van der Waals surface area contributed by atoms with Crippen molar-refractivity contribution in [2.75, 3.05) is 0 Å². The predicted molar refractivity (Wildman–Crippen MR) is 326 cm³/mol. The molecule has 0 amide bonds. The van der Waals surface area contributed by atoms with Crippen LogP contribution in [-0.2, 0) is 12.8 Å². The molecule has 6 aromatic carbocycles. The van der Waals surface area contributed by atoms with Crippen molar-refractivity contribution in [2.45, 2.75) is 45.1 Å². The molecular weight excluding hydrogens is 933 g/mol. The molecule has 0 fully saturated rings. The summed E-state index contributed by atoms with van der Waals surface area (Å²) in [6, 6.07) is 58.9. The molecule has 0 spiro atoms. The van der Waals surface area contributed by atoms with E-state index >= 15 is 0 Å². The second-order valence-corrected chi connectivity index (χ2v) is 20.1. The lowest BCUT2D eigenvalue weighted by atomic mass is 9.82. The highest BCUT2D eigenvalue weighted by molar-refractivity contribution is 5.90. The minimum Gasteiger partial charge on any atom is -0.398 e. The molecule has 1 aliphatic heterocycles. The first-order valence-corrected chi connectivity index (χ1v) is 27.0. The number of allylic oxidation sites excluding steroid dienone is 19. The number of aromatic nitrogens is 2. The zero-order chi connectivity index (χ0) is 52.1. The molecule has 0 saturated heterocycles. The summed E-state index contributed by atoms with van der Waals surface area (Å²) in [5.41, 5.74) is 29.3. The molecule has 0 radical (unpaired) electrons. The lowest BCUT2D eigenvalue weighted by Gasteiger charge is -2.26. The van der Waals surface area contributed by atoms with Gasteiger partial charge in [-0.2, -0.15) is 4.58 Å². The number of pyridine rings is 1. The summed E-state index contributed by atoms with van der Waals surface area (Å²) in [7, 11) is 0. The molecule has 2 aromatic heterocycles. The van der Waals surface area contributed by atoms with Gasteiger partial charge < -0.3 is 5.73 Å². The number of fused-ring (bicyclic) bond motifs is 5. The maximum Gasteiger partial charge on any atom is 0.296 e. The van der Waals surface area contributed by atoms with E-state index in [-0.39, 0.29) is 6.04 Å². The fourth-order valence-corrected chi connectivity index (χ4v) is 11.5. The van der Waals surface area contributed by atoms with Crippen LogP contribution in [0, 0.1) is 0 Å².